The number of aliphatic hydroxyl groups is 7. The van der Waals surface area contributed by atoms with Crippen LogP contribution in [0.2, 0.25) is 0 Å². The molecule has 7 atom stereocenters. The third-order valence-corrected chi connectivity index (χ3v) is 4.86. The average Bonchev–Trinajstić information content (AvgIpc) is 2.76. The van der Waals surface area contributed by atoms with Crippen molar-refractivity contribution in [2.75, 3.05) is 33.5 Å². The number of ketones is 2. The Hall–Kier alpha value is -0.800. The number of phosphoric acid groups is 2. The molecule has 0 bridgehead atoms. The van der Waals surface area contributed by atoms with E-state index in [-0.39, 0.29) is 0 Å². The average molecular weight is 549 g/mol. The second-order valence-corrected chi connectivity index (χ2v) is 8.85. The van der Waals surface area contributed by atoms with E-state index in [0.29, 0.717) is 0 Å². The van der Waals surface area contributed by atoms with Gasteiger partial charge in [-0.1, -0.05) is 0 Å². The van der Waals surface area contributed by atoms with Crippen molar-refractivity contribution in [2.45, 2.75) is 36.6 Å². The molecular weight excluding hydrogens is 520 g/mol. The first-order valence-corrected chi connectivity index (χ1v) is 11.8. The van der Waals surface area contributed by atoms with Crippen LogP contribution in [0.5, 0.6) is 0 Å². The van der Waals surface area contributed by atoms with E-state index in [9.17, 15) is 54.3 Å². The van der Waals surface area contributed by atoms with Gasteiger partial charge in [0.15, 0.2) is 11.6 Å². The zero-order valence-electron chi connectivity index (χ0n) is 17.5. The van der Waals surface area contributed by atoms with Gasteiger partial charge in [0.05, 0.1) is 20.3 Å². The van der Waals surface area contributed by atoms with Crippen molar-refractivity contribution in [2.24, 2.45) is 5.90 Å². The van der Waals surface area contributed by atoms with E-state index < -0.39 is 90.3 Å². The molecule has 0 fully saturated rings. The largest absolute Gasteiger partial charge is 0.472 e. The highest BCUT2D eigenvalue weighted by molar-refractivity contribution is 7.47. The van der Waals surface area contributed by atoms with Crippen molar-refractivity contribution in [1.82, 2.24) is 0 Å². The molecule has 0 aliphatic heterocycles. The van der Waals surface area contributed by atoms with E-state index in [1.165, 1.54) is 7.11 Å². The number of carbonyl (C=O) groups is 2. The molecule has 21 heteroatoms. The minimum atomic E-state index is -5.12. The van der Waals surface area contributed by atoms with Crippen LogP contribution in [-0.2, 0) is 37.1 Å². The Balaban J connectivity index is 0. The number of phosphoric ester groups is 2. The van der Waals surface area contributed by atoms with Crippen molar-refractivity contribution in [3.05, 3.63) is 0 Å². The van der Waals surface area contributed by atoms with E-state index in [1.54, 1.807) is 0 Å². The number of rotatable bonds is 16. The lowest BCUT2D eigenvalue weighted by Gasteiger charge is -2.23. The van der Waals surface area contributed by atoms with Crippen LogP contribution in [-0.4, -0.2) is 132 Å². The van der Waals surface area contributed by atoms with Crippen LogP contribution in [0.25, 0.3) is 0 Å². The lowest BCUT2D eigenvalue weighted by Crippen LogP contribution is -2.45. The van der Waals surface area contributed by atoms with Crippen LogP contribution in [0.4, 0.5) is 0 Å². The fourth-order valence-electron chi connectivity index (χ4n) is 1.70. The van der Waals surface area contributed by atoms with E-state index in [2.05, 4.69) is 24.3 Å². The van der Waals surface area contributed by atoms with Gasteiger partial charge in [0.2, 0.25) is 0 Å². The molecule has 0 aromatic carbocycles. The Kier molecular flexibility index (Phi) is 17.5. The second-order valence-electron chi connectivity index (χ2n) is 6.16. The Bertz CT molecular complexity index is 701. The van der Waals surface area contributed by atoms with Gasteiger partial charge in [0.25, 0.3) is 0 Å². The van der Waals surface area contributed by atoms with Gasteiger partial charge in [0, 0.05) is 0 Å². The van der Waals surface area contributed by atoms with Gasteiger partial charge in [0.1, 0.15) is 49.8 Å². The molecule has 0 saturated carbocycles. The lowest BCUT2D eigenvalue weighted by molar-refractivity contribution is -0.144. The number of hydrogen-bond acceptors (Lipinski definition) is 16. The monoisotopic (exact) mass is 549 g/mol. The van der Waals surface area contributed by atoms with Gasteiger partial charge in [-0.15, -0.1) is 0 Å². The molecule has 0 aliphatic rings. The minimum absolute atomic E-state index is 1.16. The van der Waals surface area contributed by atoms with E-state index in [4.69, 9.17) is 14.9 Å². The number of aliphatic hydroxyl groups excluding tert-OH is 7. The minimum Gasteiger partial charge on any atom is -0.388 e. The molecule has 34 heavy (non-hydrogen) atoms. The Morgan fingerprint density at radius 1 is 0.794 bits per heavy atom. The summed E-state index contributed by atoms with van der Waals surface area (Å²) in [5.41, 5.74) is 0. The van der Waals surface area contributed by atoms with Crippen molar-refractivity contribution in [3.8, 4) is 0 Å². The third kappa shape index (κ3) is 15.2. The third-order valence-electron chi connectivity index (χ3n) is 3.44. The van der Waals surface area contributed by atoms with Gasteiger partial charge in [-0.25, -0.2) is 15.0 Å². The van der Waals surface area contributed by atoms with Gasteiger partial charge in [-0.2, -0.15) is 0 Å². The highest BCUT2D eigenvalue weighted by atomic mass is 31.2. The Morgan fingerprint density at radius 2 is 1.18 bits per heavy atom. The molecule has 0 aliphatic carbocycles. The molecule has 0 rings (SSSR count). The summed E-state index contributed by atoms with van der Waals surface area (Å²) in [4.78, 5) is 52.7. The predicted octanol–water partition coefficient (Wildman–Crippen LogP) is -5.97. The molecular formula is C13H29NO18P2. The molecule has 0 heterocycles. The van der Waals surface area contributed by atoms with Crippen LogP contribution < -0.4 is 5.90 Å². The Morgan fingerprint density at radius 3 is 1.56 bits per heavy atom. The van der Waals surface area contributed by atoms with Crippen molar-refractivity contribution < 1.29 is 87.6 Å². The molecule has 0 amide bonds. The maximum Gasteiger partial charge on any atom is 0.472 e. The summed E-state index contributed by atoms with van der Waals surface area (Å²) < 4.78 is 34.4. The lowest BCUT2D eigenvalue weighted by atomic mass is 10.1. The van der Waals surface area contributed by atoms with Gasteiger partial charge < -0.3 is 55.3 Å². The number of hydrogen-bond donors (Lipinski definition) is 11. The van der Waals surface area contributed by atoms with E-state index >= 15 is 0 Å². The number of carbonyl (C=O) groups excluding carboxylic acids is 2. The van der Waals surface area contributed by atoms with Crippen LogP contribution >= 0.6 is 15.6 Å². The van der Waals surface area contributed by atoms with Crippen molar-refractivity contribution >= 4 is 27.2 Å². The molecule has 12 N–H and O–H groups in total. The normalized spacial score (nSPS) is 18.9. The first kappa shape index (κ1) is 35.4. The van der Waals surface area contributed by atoms with Crippen molar-refractivity contribution in [3.63, 3.8) is 0 Å². The SMILES string of the molecule is CON.O=C(COP(=O)(O)OC[C@@H](O)[C@@H](O)[C@H](O)C(=O)CO)[C@@H](O)[C@H](O)[C@H](O)COP(=O)(O)O. The number of Topliss-reactive ketones (excluding diaryl/α,β-unsaturated/α-hetero) is 2. The topological polar surface area (TPSA) is 334 Å². The standard InChI is InChI=1S/C12H24O17P2.CH5NO/c13-1-5(14)9(18)10(19)7(16)3-28-31(25,26)29-4-8(17)12(21)11(20)6(15)2-27-30(22,23)24;1-3-2/h6-7,9-13,15-16,18-21H,1-4H2,(H,25,26)(H2,22,23,24);2H2,1H3/t6-,7-,9-,10-,11-,12-;/m1./s1. The van der Waals surface area contributed by atoms with Gasteiger partial charge >= 0.3 is 15.6 Å². The molecule has 0 aromatic heterocycles. The van der Waals surface area contributed by atoms with Crippen LogP contribution in [0.15, 0.2) is 0 Å². The predicted molar refractivity (Wildman–Crippen MR) is 104 cm³/mol. The highest BCUT2D eigenvalue weighted by Crippen LogP contribution is 2.43. The fraction of sp³-hybridized carbons (Fsp3) is 0.846. The zero-order valence-corrected chi connectivity index (χ0v) is 19.3. The molecule has 0 spiro atoms. The molecule has 19 nitrogen and oxygen atoms in total. The first-order valence-electron chi connectivity index (χ1n) is 8.73. The molecule has 0 saturated heterocycles. The molecule has 0 radical (unpaired) electrons. The summed E-state index contributed by atoms with van der Waals surface area (Å²) in [6.45, 7) is -4.92. The molecule has 0 aromatic rings. The van der Waals surface area contributed by atoms with E-state index in [0.717, 1.165) is 0 Å². The maximum absolute atomic E-state index is 11.7. The van der Waals surface area contributed by atoms with E-state index in [1.807, 2.05) is 0 Å². The molecule has 1 unspecified atom stereocenters. The van der Waals surface area contributed by atoms with Crippen LogP contribution in [0.3, 0.4) is 0 Å². The zero-order chi connectivity index (χ0) is 27.3. The summed E-state index contributed by atoms with van der Waals surface area (Å²) in [6, 6.07) is 0. The van der Waals surface area contributed by atoms with Crippen molar-refractivity contribution in [1.29, 1.82) is 0 Å². The van der Waals surface area contributed by atoms with Gasteiger partial charge in [-0.05, 0) is 0 Å². The highest BCUT2D eigenvalue weighted by Gasteiger charge is 2.35. The summed E-state index contributed by atoms with van der Waals surface area (Å²) in [5.74, 6) is 1.60. The number of nitrogens with two attached hydrogens (primary N) is 1. The second kappa shape index (κ2) is 16.8. The smallest absolute Gasteiger partial charge is 0.388 e. The maximum atomic E-state index is 11.7. The first-order chi connectivity index (χ1) is 15.4. The summed E-state index contributed by atoms with van der Waals surface area (Å²) in [6.07, 6.45) is -13.5. The fourth-order valence-corrected chi connectivity index (χ4v) is 2.76. The van der Waals surface area contributed by atoms with Crippen LogP contribution in [0.1, 0.15) is 0 Å². The Labute approximate surface area is 191 Å². The summed E-state index contributed by atoms with van der Waals surface area (Å²) in [7, 11) is -8.74. The summed E-state index contributed by atoms with van der Waals surface area (Å²) >= 11 is 0. The quantitative estimate of drug-likeness (QED) is 0.0630. The van der Waals surface area contributed by atoms with Gasteiger partial charge in [-0.3, -0.25) is 23.2 Å². The molecule has 204 valence electrons. The van der Waals surface area contributed by atoms with Crippen LogP contribution in [0, 0.1) is 0 Å². The summed E-state index contributed by atoms with van der Waals surface area (Å²) in [5, 5.41) is 65.3.